The molecule has 11 heteroatoms. The van der Waals surface area contributed by atoms with Gasteiger partial charge in [0.1, 0.15) is 17.3 Å². The summed E-state index contributed by atoms with van der Waals surface area (Å²) in [5.74, 6) is -1.03. The number of aliphatic imine (C=N–C) groups is 1. The van der Waals surface area contributed by atoms with Crippen molar-refractivity contribution in [3.63, 3.8) is 0 Å². The minimum Gasteiger partial charge on any atom is -1.00 e. The fourth-order valence-electron chi connectivity index (χ4n) is 3.19. The van der Waals surface area contributed by atoms with Crippen molar-refractivity contribution < 1.29 is 50.5 Å². The summed E-state index contributed by atoms with van der Waals surface area (Å²) in [6, 6.07) is 12.3. The SMILES string of the molecule is O=C(Cc1cccs1)N[C@H]1C(=O)N2[C@H](C(=O)O)N=C(Nc3ccccc3)CS[C@@H]12.[H-].[Na+]. The van der Waals surface area contributed by atoms with Gasteiger partial charge in [-0.3, -0.25) is 14.5 Å². The molecular weight excluding hydrogens is 435 g/mol. The number of hydrogen-bond donors (Lipinski definition) is 3. The number of thiophene rings is 1. The molecule has 1 saturated heterocycles. The number of β-lactam (4-membered cyclic amide) rings is 1. The zero-order chi connectivity index (χ0) is 20.4. The second-order valence-electron chi connectivity index (χ2n) is 6.53. The number of nitrogens with one attached hydrogen (secondary N) is 2. The van der Waals surface area contributed by atoms with E-state index in [2.05, 4.69) is 15.6 Å². The molecule has 0 radical (unpaired) electrons. The Balaban J connectivity index is 0.00000171. The Kier molecular flexibility index (Phi) is 7.59. The molecule has 0 saturated carbocycles. The molecule has 0 aliphatic carbocycles. The molecule has 0 bridgehead atoms. The molecule has 2 aliphatic rings. The molecule has 2 amide bonds. The summed E-state index contributed by atoms with van der Waals surface area (Å²) in [6.45, 7) is 0. The van der Waals surface area contributed by atoms with E-state index < -0.39 is 29.5 Å². The van der Waals surface area contributed by atoms with Gasteiger partial charge in [0.2, 0.25) is 12.1 Å². The van der Waals surface area contributed by atoms with Crippen LogP contribution in [-0.2, 0) is 20.8 Å². The number of carboxylic acid groups (broad SMARTS) is 1. The molecule has 2 aromatic rings. The number of anilines is 1. The Hall–Kier alpha value is -1.85. The molecule has 1 aromatic heterocycles. The summed E-state index contributed by atoms with van der Waals surface area (Å²) in [4.78, 5) is 43.1. The van der Waals surface area contributed by atoms with Crippen molar-refractivity contribution in [3.8, 4) is 0 Å². The second-order valence-corrected chi connectivity index (χ2v) is 8.66. The van der Waals surface area contributed by atoms with Crippen LogP contribution in [0.4, 0.5) is 5.69 Å². The van der Waals surface area contributed by atoms with Gasteiger partial charge in [-0.25, -0.2) is 9.79 Å². The largest absolute Gasteiger partial charge is 1.00 e. The van der Waals surface area contributed by atoms with Gasteiger partial charge in [-0.2, -0.15) is 0 Å². The summed E-state index contributed by atoms with van der Waals surface area (Å²) in [6.07, 6.45) is -1.13. The van der Waals surface area contributed by atoms with Gasteiger partial charge in [-0.1, -0.05) is 24.3 Å². The Morgan fingerprint density at radius 3 is 2.67 bits per heavy atom. The zero-order valence-electron chi connectivity index (χ0n) is 17.1. The first kappa shape index (κ1) is 22.8. The molecule has 0 spiro atoms. The van der Waals surface area contributed by atoms with Crippen molar-refractivity contribution in [1.82, 2.24) is 10.2 Å². The Bertz CT molecular complexity index is 961. The molecular formula is C19H19N4NaO4S2. The maximum atomic E-state index is 12.6. The standard InChI is InChI=1S/C19H18N4O4S2.Na.H/c24-14(9-12-7-4-8-28-12)22-15-17(25)23-16(19(26)27)21-13(10-29-18(15)23)20-11-5-2-1-3-6-11;;/h1-8,15-16,18H,9-10H2,(H,20,21)(H,22,24)(H,26,27);;/q;+1;-1/t15-,16+,18-;;/m0../s1. The van der Waals surface area contributed by atoms with E-state index in [1.165, 1.54) is 28.0 Å². The van der Waals surface area contributed by atoms with Gasteiger partial charge in [-0.15, -0.1) is 23.1 Å². The van der Waals surface area contributed by atoms with Gasteiger partial charge in [0, 0.05) is 10.6 Å². The molecule has 4 rings (SSSR count). The van der Waals surface area contributed by atoms with E-state index in [4.69, 9.17) is 0 Å². The third kappa shape index (κ3) is 4.89. The zero-order valence-corrected chi connectivity index (χ0v) is 19.8. The summed E-state index contributed by atoms with van der Waals surface area (Å²) in [5.41, 5.74) is 0.785. The predicted molar refractivity (Wildman–Crippen MR) is 113 cm³/mol. The average Bonchev–Trinajstić information content (AvgIpc) is 3.14. The maximum absolute atomic E-state index is 12.6. The van der Waals surface area contributed by atoms with Gasteiger partial charge in [-0.05, 0) is 23.6 Å². The fourth-order valence-corrected chi connectivity index (χ4v) is 5.13. The summed E-state index contributed by atoms with van der Waals surface area (Å²) in [5, 5.41) is 16.9. The molecule has 1 aromatic carbocycles. The Morgan fingerprint density at radius 2 is 2.00 bits per heavy atom. The number of nitrogens with zero attached hydrogens (tertiary/aromatic N) is 2. The number of amides is 2. The van der Waals surface area contributed by atoms with Crippen LogP contribution in [0.15, 0.2) is 52.8 Å². The number of carbonyl (C=O) groups is 3. The first-order valence-corrected chi connectivity index (χ1v) is 10.8. The van der Waals surface area contributed by atoms with Crippen molar-refractivity contribution in [2.75, 3.05) is 11.1 Å². The van der Waals surface area contributed by atoms with Crippen LogP contribution in [-0.4, -0.2) is 57.0 Å². The molecule has 3 N–H and O–H groups in total. The number of carbonyl (C=O) groups excluding carboxylic acids is 2. The van der Waals surface area contributed by atoms with E-state index in [1.807, 2.05) is 47.8 Å². The van der Waals surface area contributed by atoms with Crippen LogP contribution in [0.5, 0.6) is 0 Å². The van der Waals surface area contributed by atoms with E-state index >= 15 is 0 Å². The minimum atomic E-state index is -1.32. The number of rotatable bonds is 5. The average molecular weight is 455 g/mol. The van der Waals surface area contributed by atoms with Crippen molar-refractivity contribution in [1.29, 1.82) is 0 Å². The number of fused-ring (bicyclic) bond motifs is 1. The molecule has 0 unspecified atom stereocenters. The van der Waals surface area contributed by atoms with E-state index in [0.717, 1.165) is 10.6 Å². The molecule has 30 heavy (non-hydrogen) atoms. The molecule has 3 atom stereocenters. The van der Waals surface area contributed by atoms with Gasteiger partial charge in [0.15, 0.2) is 0 Å². The molecule has 3 heterocycles. The van der Waals surface area contributed by atoms with E-state index in [0.29, 0.717) is 11.6 Å². The minimum absolute atomic E-state index is 0. The summed E-state index contributed by atoms with van der Waals surface area (Å²) < 4.78 is 0. The van der Waals surface area contributed by atoms with Crippen LogP contribution in [0, 0.1) is 0 Å². The van der Waals surface area contributed by atoms with Gasteiger partial charge in [0.25, 0.3) is 5.91 Å². The Labute approximate surface area is 204 Å². The smallest absolute Gasteiger partial charge is 1.00 e. The number of thioether (sulfide) groups is 1. The van der Waals surface area contributed by atoms with E-state index in [1.54, 1.807) is 0 Å². The number of para-hydroxylation sites is 1. The third-order valence-corrected chi connectivity index (χ3v) is 6.68. The first-order chi connectivity index (χ1) is 14.0. The predicted octanol–water partition coefficient (Wildman–Crippen LogP) is -1.27. The third-order valence-electron chi connectivity index (χ3n) is 4.53. The van der Waals surface area contributed by atoms with Gasteiger partial charge in [0.05, 0.1) is 12.2 Å². The van der Waals surface area contributed by atoms with Crippen molar-refractivity contribution in [3.05, 3.63) is 52.7 Å². The number of amidine groups is 1. The number of aliphatic carboxylic acids is 1. The normalized spacial score (nSPS) is 22.5. The van der Waals surface area contributed by atoms with Crippen LogP contribution in [0.25, 0.3) is 0 Å². The van der Waals surface area contributed by atoms with Crippen LogP contribution in [0.2, 0.25) is 0 Å². The Morgan fingerprint density at radius 1 is 1.23 bits per heavy atom. The monoisotopic (exact) mass is 454 g/mol. The van der Waals surface area contributed by atoms with Gasteiger partial charge < -0.3 is 17.2 Å². The number of hydrogen-bond acceptors (Lipinski definition) is 7. The summed E-state index contributed by atoms with van der Waals surface area (Å²) in [7, 11) is 0. The van der Waals surface area contributed by atoms with E-state index in [9.17, 15) is 19.5 Å². The second kappa shape index (κ2) is 9.97. The van der Waals surface area contributed by atoms with E-state index in [-0.39, 0.29) is 43.3 Å². The number of carboxylic acids is 1. The van der Waals surface area contributed by atoms with Gasteiger partial charge >= 0.3 is 35.5 Å². The number of benzene rings is 1. The van der Waals surface area contributed by atoms with Crippen LogP contribution < -0.4 is 40.2 Å². The molecule has 152 valence electrons. The maximum Gasteiger partial charge on any atom is 1.00 e. The molecule has 2 aliphatic heterocycles. The first-order valence-electron chi connectivity index (χ1n) is 8.90. The van der Waals surface area contributed by atoms with Crippen LogP contribution in [0.1, 0.15) is 6.30 Å². The molecule has 1 fully saturated rings. The summed E-state index contributed by atoms with van der Waals surface area (Å²) >= 11 is 2.85. The quantitative estimate of drug-likeness (QED) is 0.384. The molecule has 8 nitrogen and oxygen atoms in total. The topological polar surface area (TPSA) is 111 Å². The van der Waals surface area contributed by atoms with Crippen molar-refractivity contribution in [2.24, 2.45) is 4.99 Å². The van der Waals surface area contributed by atoms with Crippen LogP contribution >= 0.6 is 23.1 Å². The van der Waals surface area contributed by atoms with Crippen molar-refractivity contribution in [2.45, 2.75) is 24.0 Å². The fraction of sp³-hybridized carbons (Fsp3) is 0.263. The van der Waals surface area contributed by atoms with Crippen molar-refractivity contribution >= 4 is 52.4 Å². The van der Waals surface area contributed by atoms with Crippen LogP contribution in [0.3, 0.4) is 0 Å².